The Hall–Kier alpha value is -2.80. The summed E-state index contributed by atoms with van der Waals surface area (Å²) in [6.07, 6.45) is 11.2. The van der Waals surface area contributed by atoms with Gasteiger partial charge in [-0.3, -0.25) is 4.79 Å². The summed E-state index contributed by atoms with van der Waals surface area (Å²) in [4.78, 5) is 45.5. The van der Waals surface area contributed by atoms with E-state index in [9.17, 15) is 19.2 Å². The van der Waals surface area contributed by atoms with Crippen LogP contribution in [0.25, 0.3) is 0 Å². The molecule has 0 radical (unpaired) electrons. The van der Waals surface area contributed by atoms with Crippen molar-refractivity contribution >= 4 is 23.9 Å². The van der Waals surface area contributed by atoms with Gasteiger partial charge in [-0.15, -0.1) is 0 Å². The second-order valence-electron chi connectivity index (χ2n) is 4.45. The normalized spacial score (nSPS) is 13.0. The molecular formula is C17H21NO6. The molecule has 0 bridgehead atoms. The summed E-state index contributed by atoms with van der Waals surface area (Å²) in [5.41, 5.74) is 5.52. The van der Waals surface area contributed by atoms with Crippen molar-refractivity contribution in [3.05, 3.63) is 48.6 Å². The largest absolute Gasteiger partial charge is 0.390 e. The molecule has 7 heteroatoms. The van der Waals surface area contributed by atoms with Crippen LogP contribution in [0.4, 0.5) is 0 Å². The maximum Gasteiger partial charge on any atom is 0.338 e. The van der Waals surface area contributed by atoms with Gasteiger partial charge in [0.1, 0.15) is 6.04 Å². The highest BCUT2D eigenvalue weighted by molar-refractivity contribution is 5.94. The minimum Gasteiger partial charge on any atom is -0.390 e. The van der Waals surface area contributed by atoms with Gasteiger partial charge in [0.15, 0.2) is 0 Å². The molecule has 0 aliphatic rings. The Kier molecular flexibility index (Phi) is 11.2. The zero-order chi connectivity index (χ0) is 18.4. The first-order valence-corrected chi connectivity index (χ1v) is 7.25. The summed E-state index contributed by atoms with van der Waals surface area (Å²) >= 11 is 0. The van der Waals surface area contributed by atoms with Crippen LogP contribution in [0.3, 0.4) is 0 Å². The minimum atomic E-state index is -1.18. The predicted molar refractivity (Wildman–Crippen MR) is 87.3 cm³/mol. The van der Waals surface area contributed by atoms with Crippen molar-refractivity contribution in [2.24, 2.45) is 5.73 Å². The van der Waals surface area contributed by atoms with Crippen molar-refractivity contribution < 1.29 is 28.7 Å². The van der Waals surface area contributed by atoms with Gasteiger partial charge in [-0.1, -0.05) is 36.5 Å². The molecule has 130 valence electrons. The minimum absolute atomic E-state index is 0.116. The van der Waals surface area contributed by atoms with Gasteiger partial charge in [0.05, 0.1) is 0 Å². The van der Waals surface area contributed by atoms with Gasteiger partial charge in [0.25, 0.3) is 0 Å². The molecule has 0 rings (SSSR count). The molecule has 2 N–H and O–H groups in total. The van der Waals surface area contributed by atoms with Crippen LogP contribution in [0.1, 0.15) is 26.7 Å². The Balaban J connectivity index is 4.20. The van der Waals surface area contributed by atoms with Crippen LogP contribution < -0.4 is 5.73 Å². The van der Waals surface area contributed by atoms with Crippen LogP contribution in [0.5, 0.6) is 0 Å². The lowest BCUT2D eigenvalue weighted by atomic mass is 10.2. The molecule has 0 aromatic heterocycles. The third kappa shape index (κ3) is 10.9. The van der Waals surface area contributed by atoms with E-state index in [2.05, 4.69) is 9.47 Å². The van der Waals surface area contributed by atoms with Crippen LogP contribution in [0, 0.1) is 0 Å². The van der Waals surface area contributed by atoms with E-state index in [1.165, 1.54) is 12.2 Å². The van der Waals surface area contributed by atoms with E-state index in [-0.39, 0.29) is 12.8 Å². The average Bonchev–Trinajstić information content (AvgIpc) is 2.53. The summed E-state index contributed by atoms with van der Waals surface area (Å²) < 4.78 is 8.96. The molecule has 0 saturated heterocycles. The zero-order valence-electron chi connectivity index (χ0n) is 13.6. The summed E-state index contributed by atoms with van der Waals surface area (Å²) in [6.45, 7) is 3.53. The standard InChI is InChI=1S/C17H21NO6/c1-3-5-7-9-14(19)23-16(21)12-11-13(18)17(22)24-15(20)10-8-6-4-2/h3-10,13H,11-12,18H2,1-2H3/b5-3+,6-4+,9-7+,10-8+/t13-/m0/s1. The lowest BCUT2D eigenvalue weighted by molar-refractivity contribution is -0.157. The lowest BCUT2D eigenvalue weighted by Gasteiger charge is -2.08. The molecule has 7 nitrogen and oxygen atoms in total. The molecule has 0 saturated carbocycles. The molecule has 0 aliphatic carbocycles. The number of carbonyl (C=O) groups is 4. The first-order valence-electron chi connectivity index (χ1n) is 7.25. The Morgan fingerprint density at radius 2 is 1.38 bits per heavy atom. The molecule has 0 heterocycles. The fourth-order valence-electron chi connectivity index (χ4n) is 1.29. The highest BCUT2D eigenvalue weighted by Gasteiger charge is 2.19. The van der Waals surface area contributed by atoms with E-state index in [1.807, 2.05) is 0 Å². The Labute approximate surface area is 140 Å². The van der Waals surface area contributed by atoms with Gasteiger partial charge in [-0.25, -0.2) is 14.4 Å². The molecule has 0 spiro atoms. The van der Waals surface area contributed by atoms with Gasteiger partial charge in [-0.2, -0.15) is 0 Å². The molecule has 0 fully saturated rings. The van der Waals surface area contributed by atoms with Crippen molar-refractivity contribution in [3.8, 4) is 0 Å². The van der Waals surface area contributed by atoms with Crippen molar-refractivity contribution in [2.45, 2.75) is 32.7 Å². The second kappa shape index (κ2) is 12.7. The number of hydrogen-bond donors (Lipinski definition) is 1. The van der Waals surface area contributed by atoms with Gasteiger partial charge >= 0.3 is 23.9 Å². The smallest absolute Gasteiger partial charge is 0.338 e. The number of hydrogen-bond acceptors (Lipinski definition) is 7. The van der Waals surface area contributed by atoms with E-state index in [4.69, 9.17) is 5.73 Å². The SMILES string of the molecule is C/C=C/C=C/C(=O)OC(=O)CC[C@H](N)C(=O)OC(=O)/C=C/C=C/C. The summed E-state index contributed by atoms with van der Waals surface area (Å²) in [5.74, 6) is -3.47. The van der Waals surface area contributed by atoms with Gasteiger partial charge in [-0.05, 0) is 20.3 Å². The maximum atomic E-state index is 11.5. The summed E-state index contributed by atoms with van der Waals surface area (Å²) in [7, 11) is 0. The number of rotatable bonds is 8. The highest BCUT2D eigenvalue weighted by Crippen LogP contribution is 2.01. The number of allylic oxidation sites excluding steroid dienone is 6. The number of esters is 4. The van der Waals surface area contributed by atoms with E-state index < -0.39 is 29.9 Å². The molecule has 0 amide bonds. The van der Waals surface area contributed by atoms with Crippen molar-refractivity contribution in [1.82, 2.24) is 0 Å². The van der Waals surface area contributed by atoms with Crippen LogP contribution in [-0.4, -0.2) is 29.9 Å². The van der Waals surface area contributed by atoms with Crippen LogP contribution in [0.15, 0.2) is 48.6 Å². The van der Waals surface area contributed by atoms with Crippen molar-refractivity contribution in [3.63, 3.8) is 0 Å². The number of ether oxygens (including phenoxy) is 2. The average molecular weight is 335 g/mol. The van der Waals surface area contributed by atoms with Crippen molar-refractivity contribution in [1.29, 1.82) is 0 Å². The molecule has 1 atom stereocenters. The monoisotopic (exact) mass is 335 g/mol. The summed E-state index contributed by atoms with van der Waals surface area (Å²) in [6, 6.07) is -1.18. The van der Waals surface area contributed by atoms with E-state index in [0.29, 0.717) is 0 Å². The number of carbonyl (C=O) groups excluding carboxylic acids is 4. The Bertz CT molecular complexity index is 572. The van der Waals surface area contributed by atoms with Gasteiger partial charge < -0.3 is 15.2 Å². The van der Waals surface area contributed by atoms with E-state index in [0.717, 1.165) is 12.2 Å². The Morgan fingerprint density at radius 3 is 1.88 bits per heavy atom. The number of nitrogens with two attached hydrogens (primary N) is 1. The molecule has 0 aromatic rings. The molecular weight excluding hydrogens is 314 g/mol. The predicted octanol–water partition coefficient (Wildman–Crippen LogP) is 1.50. The molecule has 0 aromatic carbocycles. The Morgan fingerprint density at radius 1 is 0.875 bits per heavy atom. The van der Waals surface area contributed by atoms with E-state index >= 15 is 0 Å². The second-order valence-corrected chi connectivity index (χ2v) is 4.45. The lowest BCUT2D eigenvalue weighted by Crippen LogP contribution is -2.34. The van der Waals surface area contributed by atoms with Gasteiger partial charge in [0, 0.05) is 18.6 Å². The van der Waals surface area contributed by atoms with Crippen molar-refractivity contribution in [2.75, 3.05) is 0 Å². The highest BCUT2D eigenvalue weighted by atomic mass is 16.6. The molecule has 0 aliphatic heterocycles. The third-order valence-corrected chi connectivity index (χ3v) is 2.45. The van der Waals surface area contributed by atoms with Crippen LogP contribution in [-0.2, 0) is 28.7 Å². The quantitative estimate of drug-likeness (QED) is 0.309. The summed E-state index contributed by atoms with van der Waals surface area (Å²) in [5, 5.41) is 0. The van der Waals surface area contributed by atoms with Crippen LogP contribution >= 0.6 is 0 Å². The molecule has 24 heavy (non-hydrogen) atoms. The first kappa shape index (κ1) is 21.2. The fraction of sp³-hybridized carbons (Fsp3) is 0.294. The first-order chi connectivity index (χ1) is 11.4. The van der Waals surface area contributed by atoms with Crippen LogP contribution in [0.2, 0.25) is 0 Å². The molecule has 0 unspecified atom stereocenters. The van der Waals surface area contributed by atoms with E-state index in [1.54, 1.807) is 38.2 Å². The zero-order valence-corrected chi connectivity index (χ0v) is 13.6. The maximum absolute atomic E-state index is 11.5. The van der Waals surface area contributed by atoms with Gasteiger partial charge in [0.2, 0.25) is 0 Å². The fourth-order valence-corrected chi connectivity index (χ4v) is 1.29. The topological polar surface area (TPSA) is 113 Å². The third-order valence-electron chi connectivity index (χ3n) is 2.45.